The topological polar surface area (TPSA) is 58.9 Å². The lowest BCUT2D eigenvalue weighted by Gasteiger charge is -2.12. The van der Waals surface area contributed by atoms with Crippen LogP contribution in [0.25, 0.3) is 0 Å². The van der Waals surface area contributed by atoms with Crippen LogP contribution >= 0.6 is 0 Å². The van der Waals surface area contributed by atoms with Gasteiger partial charge in [-0.25, -0.2) is 0 Å². The van der Waals surface area contributed by atoms with Crippen LogP contribution in [0.5, 0.6) is 11.5 Å². The van der Waals surface area contributed by atoms with Gasteiger partial charge >= 0.3 is 0 Å². The van der Waals surface area contributed by atoms with E-state index >= 15 is 0 Å². The third kappa shape index (κ3) is 3.50. The van der Waals surface area contributed by atoms with E-state index in [0.29, 0.717) is 17.9 Å². The summed E-state index contributed by atoms with van der Waals surface area (Å²) < 4.78 is 10.8. The molecule has 4 nitrogen and oxygen atoms in total. The molecule has 2 rings (SSSR count). The molecule has 0 unspecified atom stereocenters. The maximum Gasteiger partial charge on any atom is 0.125 e. The predicted octanol–water partition coefficient (Wildman–Crippen LogP) is 2.26. The third-order valence-electron chi connectivity index (χ3n) is 3.04. The van der Waals surface area contributed by atoms with Crippen molar-refractivity contribution in [3.05, 3.63) is 59.2 Å². The van der Waals surface area contributed by atoms with Gasteiger partial charge in [0, 0.05) is 5.56 Å². The second-order valence-corrected chi connectivity index (χ2v) is 4.40. The monoisotopic (exact) mass is 274 g/mol. The molecule has 0 aliphatic carbocycles. The average Bonchev–Trinajstić information content (AvgIpc) is 2.53. The SMILES string of the molecule is COc1ccc(COc2cc(CO)ccc2CO)cc1. The van der Waals surface area contributed by atoms with E-state index in [-0.39, 0.29) is 13.2 Å². The second kappa shape index (κ2) is 6.93. The van der Waals surface area contributed by atoms with Crippen LogP contribution in [0.15, 0.2) is 42.5 Å². The Balaban J connectivity index is 2.08. The van der Waals surface area contributed by atoms with Crippen molar-refractivity contribution in [3.63, 3.8) is 0 Å². The van der Waals surface area contributed by atoms with Crippen LogP contribution < -0.4 is 9.47 Å². The van der Waals surface area contributed by atoms with Crippen molar-refractivity contribution in [2.24, 2.45) is 0 Å². The van der Waals surface area contributed by atoms with Crippen LogP contribution in [0, 0.1) is 0 Å². The minimum absolute atomic E-state index is 0.0510. The first kappa shape index (κ1) is 14.4. The smallest absolute Gasteiger partial charge is 0.125 e. The van der Waals surface area contributed by atoms with Crippen molar-refractivity contribution in [1.29, 1.82) is 0 Å². The first-order valence-electron chi connectivity index (χ1n) is 6.36. The number of aliphatic hydroxyl groups is 2. The van der Waals surface area contributed by atoms with E-state index in [1.54, 1.807) is 25.3 Å². The van der Waals surface area contributed by atoms with Gasteiger partial charge < -0.3 is 19.7 Å². The van der Waals surface area contributed by atoms with Gasteiger partial charge in [0.25, 0.3) is 0 Å². The van der Waals surface area contributed by atoms with Crippen molar-refractivity contribution in [3.8, 4) is 11.5 Å². The van der Waals surface area contributed by atoms with Gasteiger partial charge in [0.05, 0.1) is 20.3 Å². The first-order valence-corrected chi connectivity index (χ1v) is 6.36. The van der Waals surface area contributed by atoms with E-state index < -0.39 is 0 Å². The molecule has 0 spiro atoms. The number of methoxy groups -OCH3 is 1. The molecule has 0 bridgehead atoms. The number of ether oxygens (including phenoxy) is 2. The Morgan fingerprint density at radius 1 is 0.900 bits per heavy atom. The summed E-state index contributed by atoms with van der Waals surface area (Å²) in [4.78, 5) is 0. The number of hydrogen-bond donors (Lipinski definition) is 2. The van der Waals surface area contributed by atoms with Gasteiger partial charge in [-0.2, -0.15) is 0 Å². The minimum Gasteiger partial charge on any atom is -0.497 e. The summed E-state index contributed by atoms with van der Waals surface area (Å²) in [5.74, 6) is 1.39. The summed E-state index contributed by atoms with van der Waals surface area (Å²) in [7, 11) is 1.62. The lowest BCUT2D eigenvalue weighted by Crippen LogP contribution is -2.00. The Labute approximate surface area is 118 Å². The zero-order chi connectivity index (χ0) is 14.4. The van der Waals surface area contributed by atoms with Crippen LogP contribution in [0.2, 0.25) is 0 Å². The molecule has 20 heavy (non-hydrogen) atoms. The molecule has 0 fully saturated rings. The molecule has 4 heteroatoms. The molecule has 2 N–H and O–H groups in total. The molecule has 106 valence electrons. The van der Waals surface area contributed by atoms with E-state index in [1.807, 2.05) is 24.3 Å². The lowest BCUT2D eigenvalue weighted by atomic mass is 10.1. The normalized spacial score (nSPS) is 10.3. The molecule has 0 aromatic heterocycles. The summed E-state index contributed by atoms with van der Waals surface area (Å²) in [6, 6.07) is 12.9. The Kier molecular flexibility index (Phi) is 4.98. The Bertz CT molecular complexity index is 549. The van der Waals surface area contributed by atoms with E-state index in [4.69, 9.17) is 14.6 Å². The summed E-state index contributed by atoms with van der Waals surface area (Å²) in [6.45, 7) is 0.250. The fourth-order valence-corrected chi connectivity index (χ4v) is 1.85. The summed E-state index contributed by atoms with van der Waals surface area (Å²) >= 11 is 0. The molecular formula is C16H18O4. The fourth-order valence-electron chi connectivity index (χ4n) is 1.85. The van der Waals surface area contributed by atoms with E-state index in [0.717, 1.165) is 16.9 Å². The number of hydrogen-bond acceptors (Lipinski definition) is 4. The van der Waals surface area contributed by atoms with Gasteiger partial charge in [-0.3, -0.25) is 0 Å². The highest BCUT2D eigenvalue weighted by Gasteiger charge is 2.05. The van der Waals surface area contributed by atoms with Crippen molar-refractivity contribution < 1.29 is 19.7 Å². The van der Waals surface area contributed by atoms with Crippen LogP contribution in [0.4, 0.5) is 0 Å². The molecule has 0 aliphatic heterocycles. The highest BCUT2D eigenvalue weighted by atomic mass is 16.5. The summed E-state index contributed by atoms with van der Waals surface area (Å²) in [5, 5.41) is 18.4. The van der Waals surface area contributed by atoms with Gasteiger partial charge in [-0.1, -0.05) is 24.3 Å². The molecule has 2 aromatic rings. The van der Waals surface area contributed by atoms with Crippen molar-refractivity contribution in [1.82, 2.24) is 0 Å². The number of benzene rings is 2. The van der Waals surface area contributed by atoms with Gasteiger partial charge in [-0.15, -0.1) is 0 Å². The summed E-state index contributed by atoms with van der Waals surface area (Å²) in [6.07, 6.45) is 0. The molecule has 0 amide bonds. The Hall–Kier alpha value is -2.04. The average molecular weight is 274 g/mol. The number of aliphatic hydroxyl groups excluding tert-OH is 2. The molecule has 0 saturated heterocycles. The molecule has 0 aliphatic rings. The molecule has 0 heterocycles. The van der Waals surface area contributed by atoms with E-state index in [1.165, 1.54) is 0 Å². The Morgan fingerprint density at radius 2 is 1.60 bits per heavy atom. The van der Waals surface area contributed by atoms with Crippen molar-refractivity contribution in [2.45, 2.75) is 19.8 Å². The van der Waals surface area contributed by atoms with Gasteiger partial charge in [0.1, 0.15) is 18.1 Å². The molecule has 0 saturated carbocycles. The molecular weight excluding hydrogens is 256 g/mol. The molecule has 0 atom stereocenters. The van der Waals surface area contributed by atoms with E-state index in [2.05, 4.69) is 0 Å². The van der Waals surface area contributed by atoms with Crippen molar-refractivity contribution >= 4 is 0 Å². The van der Waals surface area contributed by atoms with Gasteiger partial charge in [0.15, 0.2) is 0 Å². The predicted molar refractivity (Wildman–Crippen MR) is 75.6 cm³/mol. The minimum atomic E-state index is -0.0936. The fraction of sp³-hybridized carbons (Fsp3) is 0.250. The quantitative estimate of drug-likeness (QED) is 0.848. The lowest BCUT2D eigenvalue weighted by molar-refractivity contribution is 0.256. The van der Waals surface area contributed by atoms with Crippen LogP contribution in [0.3, 0.4) is 0 Å². The maximum atomic E-state index is 9.29. The van der Waals surface area contributed by atoms with Crippen molar-refractivity contribution in [2.75, 3.05) is 7.11 Å². The maximum absolute atomic E-state index is 9.29. The second-order valence-electron chi connectivity index (χ2n) is 4.40. The summed E-state index contributed by atoms with van der Waals surface area (Å²) in [5.41, 5.74) is 2.46. The molecule has 0 radical (unpaired) electrons. The van der Waals surface area contributed by atoms with Crippen LogP contribution in [-0.4, -0.2) is 17.3 Å². The van der Waals surface area contributed by atoms with Gasteiger partial charge in [0.2, 0.25) is 0 Å². The number of rotatable bonds is 6. The first-order chi connectivity index (χ1) is 9.76. The van der Waals surface area contributed by atoms with Crippen LogP contribution in [0.1, 0.15) is 16.7 Å². The zero-order valence-corrected chi connectivity index (χ0v) is 11.4. The third-order valence-corrected chi connectivity index (χ3v) is 3.04. The zero-order valence-electron chi connectivity index (χ0n) is 11.4. The van der Waals surface area contributed by atoms with Gasteiger partial charge in [-0.05, 0) is 29.3 Å². The molecule has 2 aromatic carbocycles. The van der Waals surface area contributed by atoms with E-state index in [9.17, 15) is 5.11 Å². The highest BCUT2D eigenvalue weighted by Crippen LogP contribution is 2.22. The largest absolute Gasteiger partial charge is 0.497 e. The van der Waals surface area contributed by atoms with Crippen LogP contribution in [-0.2, 0) is 19.8 Å². The standard InChI is InChI=1S/C16H18O4/c1-19-15-6-3-12(4-7-15)11-20-16-8-13(9-17)2-5-14(16)10-18/h2-8,17-18H,9-11H2,1H3. The Morgan fingerprint density at radius 3 is 2.20 bits per heavy atom. The highest BCUT2D eigenvalue weighted by molar-refractivity contribution is 5.37.